The van der Waals surface area contributed by atoms with Crippen molar-refractivity contribution in [2.24, 2.45) is 0 Å². The molecule has 0 aliphatic rings. The molecule has 1 aromatic heterocycles. The normalized spacial score (nSPS) is 10.8. The minimum absolute atomic E-state index is 0.340. The maximum absolute atomic E-state index is 5.92. The number of rotatable bonds is 2. The molecule has 2 aromatic rings. The third-order valence-corrected chi connectivity index (χ3v) is 3.13. The fourth-order valence-corrected chi connectivity index (χ4v) is 1.80. The molecule has 1 heterocycles. The number of nitrogens with zero attached hydrogens (tertiary/aromatic N) is 3. The number of aryl methyl sites for hydroxylation is 1. The van der Waals surface area contributed by atoms with E-state index in [0.717, 1.165) is 17.1 Å². The van der Waals surface area contributed by atoms with E-state index in [1.165, 1.54) is 4.80 Å². The maximum atomic E-state index is 5.92. The predicted molar refractivity (Wildman–Crippen MR) is 65.7 cm³/mol. The van der Waals surface area contributed by atoms with E-state index in [4.69, 9.17) is 34.8 Å². The Bertz CT molecular complexity index is 522. The molecule has 16 heavy (non-hydrogen) atoms. The monoisotopic (exact) mass is 275 g/mol. The van der Waals surface area contributed by atoms with Gasteiger partial charge in [-0.05, 0) is 25.1 Å². The van der Waals surface area contributed by atoms with Crippen molar-refractivity contribution in [1.82, 2.24) is 15.0 Å². The Labute approximate surface area is 108 Å². The largest absolute Gasteiger partial charge is 0.153 e. The van der Waals surface area contributed by atoms with Crippen molar-refractivity contribution in [3.63, 3.8) is 0 Å². The third kappa shape index (κ3) is 2.17. The van der Waals surface area contributed by atoms with Gasteiger partial charge in [0.1, 0.15) is 5.69 Å². The molecule has 0 aliphatic heterocycles. The highest BCUT2D eigenvalue weighted by Crippen LogP contribution is 2.24. The van der Waals surface area contributed by atoms with E-state index in [2.05, 4.69) is 10.2 Å². The number of hydrogen-bond acceptors (Lipinski definition) is 2. The molecule has 6 heteroatoms. The van der Waals surface area contributed by atoms with Crippen LogP contribution in [0.5, 0.6) is 0 Å². The topological polar surface area (TPSA) is 30.7 Å². The smallest absolute Gasteiger partial charge is 0.101 e. The second-order valence-electron chi connectivity index (χ2n) is 3.25. The molecule has 0 unspecified atom stereocenters. The van der Waals surface area contributed by atoms with Gasteiger partial charge in [-0.3, -0.25) is 0 Å². The van der Waals surface area contributed by atoms with Gasteiger partial charge < -0.3 is 0 Å². The predicted octanol–water partition coefficient (Wildman–Crippen LogP) is 3.62. The molecule has 0 atom stereocenters. The fraction of sp³-hybridized carbons (Fsp3) is 0.200. The number of halogens is 3. The molecule has 0 radical (unpaired) electrons. The minimum atomic E-state index is 0.340. The van der Waals surface area contributed by atoms with Gasteiger partial charge in [-0.2, -0.15) is 15.0 Å². The van der Waals surface area contributed by atoms with Crippen LogP contribution in [-0.2, 0) is 5.88 Å². The van der Waals surface area contributed by atoms with Crippen molar-refractivity contribution in [3.8, 4) is 5.69 Å². The second kappa shape index (κ2) is 4.62. The van der Waals surface area contributed by atoms with Crippen molar-refractivity contribution in [3.05, 3.63) is 39.6 Å². The first-order valence-corrected chi connectivity index (χ1v) is 5.85. The summed E-state index contributed by atoms with van der Waals surface area (Å²) in [6.45, 7) is 1.86. The number of alkyl halides is 1. The molecule has 0 saturated heterocycles. The summed E-state index contributed by atoms with van der Waals surface area (Å²) in [7, 11) is 0. The van der Waals surface area contributed by atoms with Crippen LogP contribution in [0.4, 0.5) is 0 Å². The number of benzene rings is 1. The second-order valence-corrected chi connectivity index (χ2v) is 4.34. The average molecular weight is 277 g/mol. The molecule has 84 valence electrons. The van der Waals surface area contributed by atoms with Crippen LogP contribution in [0, 0.1) is 6.92 Å². The molecule has 2 rings (SSSR count). The zero-order valence-corrected chi connectivity index (χ0v) is 10.7. The Hall–Kier alpha value is -0.770. The third-order valence-electron chi connectivity index (χ3n) is 2.14. The van der Waals surface area contributed by atoms with E-state index in [0.29, 0.717) is 15.9 Å². The molecule has 0 fully saturated rings. The summed E-state index contributed by atoms with van der Waals surface area (Å²) in [5.41, 5.74) is 2.32. The SMILES string of the molecule is Cc1nn(-c2ccc(Cl)c(Cl)c2)nc1CCl. The highest BCUT2D eigenvalue weighted by Gasteiger charge is 2.08. The lowest BCUT2D eigenvalue weighted by Crippen LogP contribution is -1.99. The summed E-state index contributed by atoms with van der Waals surface area (Å²) in [6, 6.07) is 5.21. The summed E-state index contributed by atoms with van der Waals surface area (Å²) in [5.74, 6) is 0.340. The minimum Gasteiger partial charge on any atom is -0.153 e. The van der Waals surface area contributed by atoms with Gasteiger partial charge in [0, 0.05) is 0 Å². The summed E-state index contributed by atoms with van der Waals surface area (Å²) >= 11 is 17.5. The van der Waals surface area contributed by atoms with Crippen molar-refractivity contribution in [1.29, 1.82) is 0 Å². The molecule has 0 amide bonds. The van der Waals surface area contributed by atoms with E-state index in [1.54, 1.807) is 18.2 Å². The molecule has 0 saturated carbocycles. The zero-order chi connectivity index (χ0) is 11.7. The van der Waals surface area contributed by atoms with E-state index >= 15 is 0 Å². The van der Waals surface area contributed by atoms with E-state index in [-0.39, 0.29) is 0 Å². The first kappa shape index (κ1) is 11.7. The Balaban J connectivity index is 2.46. The van der Waals surface area contributed by atoms with Crippen molar-refractivity contribution < 1.29 is 0 Å². The summed E-state index contributed by atoms with van der Waals surface area (Å²) in [4.78, 5) is 1.50. The standard InChI is InChI=1S/C10H8Cl3N3/c1-6-10(5-11)15-16(14-6)7-2-3-8(12)9(13)4-7/h2-4H,5H2,1H3. The van der Waals surface area contributed by atoms with E-state index in [1.807, 2.05) is 6.92 Å². The molecular weight excluding hydrogens is 268 g/mol. The van der Waals surface area contributed by atoms with Gasteiger partial charge in [-0.15, -0.1) is 11.6 Å². The molecule has 0 N–H and O–H groups in total. The van der Waals surface area contributed by atoms with Gasteiger partial charge in [0.2, 0.25) is 0 Å². The number of hydrogen-bond donors (Lipinski definition) is 0. The Kier molecular flexibility index (Phi) is 3.38. The summed E-state index contributed by atoms with van der Waals surface area (Å²) < 4.78 is 0. The lowest BCUT2D eigenvalue weighted by molar-refractivity contribution is 0.740. The summed E-state index contributed by atoms with van der Waals surface area (Å²) in [6.07, 6.45) is 0. The van der Waals surface area contributed by atoms with Crippen molar-refractivity contribution in [2.75, 3.05) is 0 Å². The van der Waals surface area contributed by atoms with E-state index in [9.17, 15) is 0 Å². The fourth-order valence-electron chi connectivity index (χ4n) is 1.26. The first-order chi connectivity index (χ1) is 7.61. The van der Waals surface area contributed by atoms with Gasteiger partial charge in [-0.25, -0.2) is 0 Å². The van der Waals surface area contributed by atoms with Gasteiger partial charge in [-0.1, -0.05) is 23.2 Å². The molecule has 0 aliphatic carbocycles. The Morgan fingerprint density at radius 1 is 1.19 bits per heavy atom. The van der Waals surface area contributed by atoms with Crippen LogP contribution in [0.1, 0.15) is 11.4 Å². The van der Waals surface area contributed by atoms with Crippen LogP contribution in [0.2, 0.25) is 10.0 Å². The van der Waals surface area contributed by atoms with Gasteiger partial charge in [0.25, 0.3) is 0 Å². The molecule has 3 nitrogen and oxygen atoms in total. The quantitative estimate of drug-likeness (QED) is 0.784. The highest BCUT2D eigenvalue weighted by molar-refractivity contribution is 6.42. The van der Waals surface area contributed by atoms with Crippen LogP contribution in [0.3, 0.4) is 0 Å². The maximum Gasteiger partial charge on any atom is 0.101 e. The molecular formula is C10H8Cl3N3. The molecule has 1 aromatic carbocycles. The van der Waals surface area contributed by atoms with Crippen LogP contribution in [0.15, 0.2) is 18.2 Å². The average Bonchev–Trinajstić information content (AvgIpc) is 2.64. The number of aromatic nitrogens is 3. The van der Waals surface area contributed by atoms with Crippen LogP contribution < -0.4 is 0 Å². The van der Waals surface area contributed by atoms with Crippen molar-refractivity contribution >= 4 is 34.8 Å². The van der Waals surface area contributed by atoms with Crippen LogP contribution in [0.25, 0.3) is 5.69 Å². The molecule has 0 bridgehead atoms. The van der Waals surface area contributed by atoms with Gasteiger partial charge in [0.15, 0.2) is 0 Å². The summed E-state index contributed by atoms with van der Waals surface area (Å²) in [5, 5.41) is 9.46. The Morgan fingerprint density at radius 3 is 2.50 bits per heavy atom. The van der Waals surface area contributed by atoms with Crippen LogP contribution >= 0.6 is 34.8 Å². The lowest BCUT2D eigenvalue weighted by Gasteiger charge is -2.01. The Morgan fingerprint density at radius 2 is 1.94 bits per heavy atom. The molecule has 0 spiro atoms. The first-order valence-electron chi connectivity index (χ1n) is 4.56. The van der Waals surface area contributed by atoms with E-state index < -0.39 is 0 Å². The van der Waals surface area contributed by atoms with Crippen molar-refractivity contribution in [2.45, 2.75) is 12.8 Å². The zero-order valence-electron chi connectivity index (χ0n) is 8.41. The highest BCUT2D eigenvalue weighted by atomic mass is 35.5. The van der Waals surface area contributed by atoms with Gasteiger partial charge in [0.05, 0.1) is 27.3 Å². The van der Waals surface area contributed by atoms with Gasteiger partial charge >= 0.3 is 0 Å². The van der Waals surface area contributed by atoms with Crippen LogP contribution in [-0.4, -0.2) is 15.0 Å². The lowest BCUT2D eigenvalue weighted by atomic mass is 10.3.